The molecule has 18 heavy (non-hydrogen) atoms. The molecular formula is C12H22N2O4. The fourth-order valence-corrected chi connectivity index (χ4v) is 2.03. The van der Waals surface area contributed by atoms with Crippen molar-refractivity contribution in [2.75, 3.05) is 20.1 Å². The van der Waals surface area contributed by atoms with E-state index in [1.54, 1.807) is 11.9 Å². The number of hydrogen-bond donors (Lipinski definition) is 2. The Morgan fingerprint density at radius 3 is 2.44 bits per heavy atom. The molecule has 6 nitrogen and oxygen atoms in total. The molecule has 0 aromatic heterocycles. The van der Waals surface area contributed by atoms with Crippen molar-refractivity contribution < 1.29 is 19.4 Å². The predicted octanol–water partition coefficient (Wildman–Crippen LogP) is 0.916. The molecule has 1 saturated heterocycles. The summed E-state index contributed by atoms with van der Waals surface area (Å²) >= 11 is 0. The third-order valence-corrected chi connectivity index (χ3v) is 2.95. The second kappa shape index (κ2) is 5.56. The minimum absolute atomic E-state index is 0.233. The van der Waals surface area contributed by atoms with E-state index in [0.717, 1.165) is 0 Å². The topological polar surface area (TPSA) is 78.9 Å². The van der Waals surface area contributed by atoms with Gasteiger partial charge in [-0.15, -0.1) is 0 Å². The van der Waals surface area contributed by atoms with Gasteiger partial charge in [0, 0.05) is 19.1 Å². The summed E-state index contributed by atoms with van der Waals surface area (Å²) in [5.41, 5.74) is -0.532. The predicted molar refractivity (Wildman–Crippen MR) is 66.4 cm³/mol. The van der Waals surface area contributed by atoms with Crippen molar-refractivity contribution in [3.05, 3.63) is 0 Å². The number of piperidine rings is 1. The van der Waals surface area contributed by atoms with Crippen molar-refractivity contribution in [3.8, 4) is 0 Å². The minimum atomic E-state index is -0.821. The lowest BCUT2D eigenvalue weighted by atomic mass is 9.92. The Labute approximate surface area is 107 Å². The minimum Gasteiger partial charge on any atom is -0.481 e. The molecule has 6 heteroatoms. The first-order valence-electron chi connectivity index (χ1n) is 6.12. The van der Waals surface area contributed by atoms with Gasteiger partial charge in [0.2, 0.25) is 0 Å². The number of ether oxygens (including phenoxy) is 1. The van der Waals surface area contributed by atoms with Gasteiger partial charge in [0.05, 0.1) is 5.92 Å². The van der Waals surface area contributed by atoms with Crippen molar-refractivity contribution in [3.63, 3.8) is 0 Å². The largest absolute Gasteiger partial charge is 0.481 e. The van der Waals surface area contributed by atoms with Crippen LogP contribution in [0.15, 0.2) is 0 Å². The lowest BCUT2D eigenvalue weighted by Gasteiger charge is -2.37. The molecule has 0 spiro atoms. The first kappa shape index (κ1) is 14.8. The molecule has 0 aromatic carbocycles. The Morgan fingerprint density at radius 1 is 1.39 bits per heavy atom. The van der Waals surface area contributed by atoms with Crippen LogP contribution in [0.3, 0.4) is 0 Å². The number of carbonyl (C=O) groups is 2. The van der Waals surface area contributed by atoms with Gasteiger partial charge in [-0.3, -0.25) is 4.79 Å². The Bertz CT molecular complexity index is 325. The quantitative estimate of drug-likeness (QED) is 0.770. The van der Waals surface area contributed by atoms with Gasteiger partial charge in [-0.2, -0.15) is 0 Å². The van der Waals surface area contributed by atoms with Crippen LogP contribution < -0.4 is 5.32 Å². The Kier molecular flexibility index (Phi) is 4.56. The number of amides is 1. The van der Waals surface area contributed by atoms with Crippen molar-refractivity contribution in [1.29, 1.82) is 0 Å². The summed E-state index contributed by atoms with van der Waals surface area (Å²) in [7, 11) is 1.71. The summed E-state index contributed by atoms with van der Waals surface area (Å²) in [5, 5.41) is 12.0. The van der Waals surface area contributed by atoms with E-state index in [-0.39, 0.29) is 12.1 Å². The van der Waals surface area contributed by atoms with Gasteiger partial charge in [0.15, 0.2) is 0 Å². The van der Waals surface area contributed by atoms with Crippen LogP contribution in [-0.2, 0) is 9.53 Å². The fourth-order valence-electron chi connectivity index (χ4n) is 2.03. The number of nitrogens with one attached hydrogen (secondary N) is 1. The van der Waals surface area contributed by atoms with E-state index < -0.39 is 17.5 Å². The van der Waals surface area contributed by atoms with E-state index in [0.29, 0.717) is 19.5 Å². The monoisotopic (exact) mass is 258 g/mol. The molecule has 1 amide bonds. The molecule has 1 fully saturated rings. The highest BCUT2D eigenvalue weighted by Crippen LogP contribution is 2.20. The lowest BCUT2D eigenvalue weighted by molar-refractivity contribution is -0.144. The van der Waals surface area contributed by atoms with E-state index in [9.17, 15) is 9.59 Å². The van der Waals surface area contributed by atoms with Crippen LogP contribution in [-0.4, -0.2) is 53.8 Å². The zero-order valence-corrected chi connectivity index (χ0v) is 11.4. The number of likely N-dealkylation sites (tertiary alicyclic amines) is 1. The van der Waals surface area contributed by atoms with Gasteiger partial charge in [-0.1, -0.05) is 0 Å². The molecule has 2 atom stereocenters. The van der Waals surface area contributed by atoms with Gasteiger partial charge in [0.25, 0.3) is 0 Å². The van der Waals surface area contributed by atoms with Crippen LogP contribution in [0.4, 0.5) is 4.79 Å². The molecule has 0 aliphatic carbocycles. The van der Waals surface area contributed by atoms with Gasteiger partial charge in [0.1, 0.15) is 5.60 Å². The lowest BCUT2D eigenvalue weighted by Crippen LogP contribution is -2.54. The molecule has 1 aliphatic rings. The molecule has 0 saturated carbocycles. The number of likely N-dealkylation sites (N-methyl/N-ethyl adjacent to an activating group) is 1. The molecule has 104 valence electrons. The molecule has 1 heterocycles. The van der Waals surface area contributed by atoms with Gasteiger partial charge >= 0.3 is 12.1 Å². The van der Waals surface area contributed by atoms with E-state index >= 15 is 0 Å². The van der Waals surface area contributed by atoms with Crippen LogP contribution in [0, 0.1) is 5.92 Å². The summed E-state index contributed by atoms with van der Waals surface area (Å²) in [5.74, 6) is -1.27. The maximum absolute atomic E-state index is 11.9. The number of carboxylic acid groups (broad SMARTS) is 1. The first-order valence-corrected chi connectivity index (χ1v) is 6.12. The summed E-state index contributed by atoms with van der Waals surface area (Å²) < 4.78 is 5.28. The normalized spacial score (nSPS) is 24.8. The molecule has 0 aromatic rings. The fraction of sp³-hybridized carbons (Fsp3) is 0.833. The number of hydrogen-bond acceptors (Lipinski definition) is 4. The smallest absolute Gasteiger partial charge is 0.410 e. The Balaban J connectivity index is 2.62. The molecule has 1 aliphatic heterocycles. The maximum atomic E-state index is 11.9. The second-order valence-corrected chi connectivity index (χ2v) is 5.55. The Hall–Kier alpha value is -1.30. The van der Waals surface area contributed by atoms with E-state index in [4.69, 9.17) is 9.84 Å². The zero-order valence-electron chi connectivity index (χ0n) is 11.4. The molecule has 1 rings (SSSR count). The summed E-state index contributed by atoms with van der Waals surface area (Å²) in [6.45, 7) is 6.21. The highest BCUT2D eigenvalue weighted by Gasteiger charge is 2.36. The third-order valence-electron chi connectivity index (χ3n) is 2.95. The molecule has 2 N–H and O–H groups in total. The van der Waals surface area contributed by atoms with Crippen molar-refractivity contribution in [1.82, 2.24) is 10.2 Å². The molecule has 0 radical (unpaired) electrons. The van der Waals surface area contributed by atoms with Crippen LogP contribution in [0.1, 0.15) is 27.2 Å². The SMILES string of the molecule is CN[C@H]1CN(C(=O)OC(C)(C)C)CC[C@H]1C(=O)O. The van der Waals surface area contributed by atoms with Crippen LogP contribution in [0.25, 0.3) is 0 Å². The highest BCUT2D eigenvalue weighted by atomic mass is 16.6. The number of carbonyl (C=O) groups excluding carboxylic acids is 1. The standard InChI is InChI=1S/C12H22N2O4/c1-12(2,3)18-11(17)14-6-5-8(10(15)16)9(7-14)13-4/h8-9,13H,5-7H2,1-4H3,(H,15,16)/t8-,9+/m1/s1. The average molecular weight is 258 g/mol. The average Bonchev–Trinajstić information content (AvgIpc) is 2.25. The number of carboxylic acids is 1. The zero-order chi connectivity index (χ0) is 13.9. The van der Waals surface area contributed by atoms with E-state index in [1.807, 2.05) is 20.8 Å². The highest BCUT2D eigenvalue weighted by molar-refractivity contribution is 5.73. The van der Waals surface area contributed by atoms with E-state index in [1.165, 1.54) is 0 Å². The van der Waals surface area contributed by atoms with Crippen LogP contribution >= 0.6 is 0 Å². The molecule has 0 unspecified atom stereocenters. The van der Waals surface area contributed by atoms with Gasteiger partial charge < -0.3 is 20.1 Å². The summed E-state index contributed by atoms with van der Waals surface area (Å²) in [4.78, 5) is 24.5. The Morgan fingerprint density at radius 2 is 2.00 bits per heavy atom. The summed E-state index contributed by atoms with van der Waals surface area (Å²) in [6, 6.07) is -0.233. The summed E-state index contributed by atoms with van der Waals surface area (Å²) in [6.07, 6.45) is 0.0617. The molecular weight excluding hydrogens is 236 g/mol. The van der Waals surface area contributed by atoms with Crippen molar-refractivity contribution in [2.45, 2.75) is 38.8 Å². The van der Waals surface area contributed by atoms with E-state index in [2.05, 4.69) is 5.32 Å². The second-order valence-electron chi connectivity index (χ2n) is 5.55. The van der Waals surface area contributed by atoms with Crippen molar-refractivity contribution >= 4 is 12.1 Å². The van der Waals surface area contributed by atoms with Gasteiger partial charge in [-0.25, -0.2) is 4.79 Å². The van der Waals surface area contributed by atoms with Crippen LogP contribution in [0.2, 0.25) is 0 Å². The van der Waals surface area contributed by atoms with Gasteiger partial charge in [-0.05, 0) is 34.2 Å². The molecule has 0 bridgehead atoms. The van der Waals surface area contributed by atoms with Crippen LogP contribution in [0.5, 0.6) is 0 Å². The first-order chi connectivity index (χ1) is 8.24. The third kappa shape index (κ3) is 3.87. The maximum Gasteiger partial charge on any atom is 0.410 e. The van der Waals surface area contributed by atoms with Crippen molar-refractivity contribution in [2.24, 2.45) is 5.92 Å². The number of rotatable bonds is 2. The number of nitrogens with zero attached hydrogens (tertiary/aromatic N) is 1. The number of aliphatic carboxylic acids is 1.